The van der Waals surface area contributed by atoms with E-state index in [-0.39, 0.29) is 11.1 Å². The molecule has 5 rings (SSSR count). The Bertz CT molecular complexity index is 1160. The van der Waals surface area contributed by atoms with Gasteiger partial charge in [0.05, 0.1) is 0 Å². The number of nitrogens with one attached hydrogen (secondary N) is 2. The van der Waals surface area contributed by atoms with Gasteiger partial charge in [-0.05, 0) is 23.3 Å². The molecule has 0 spiro atoms. The van der Waals surface area contributed by atoms with Crippen LogP contribution in [-0.4, -0.2) is 11.2 Å². The Morgan fingerprint density at radius 1 is 0.786 bits per heavy atom. The largest absolute Gasteiger partial charge is 0.420 e. The number of para-hydroxylation sites is 2. The number of H-pyrrole nitrogens is 1. The zero-order valence-electron chi connectivity index (χ0n) is 14.8. The number of anilines is 1. The topological polar surface area (TPSA) is 27.8 Å². The van der Waals surface area contributed by atoms with Crippen molar-refractivity contribution in [1.29, 1.82) is 0 Å². The molecular weight excluding hydrogens is 361 g/mol. The molecule has 2 nitrogen and oxygen atoms in total. The third-order valence-corrected chi connectivity index (χ3v) is 5.50. The average molecular weight is 378 g/mol. The predicted molar refractivity (Wildman–Crippen MR) is 104 cm³/mol. The van der Waals surface area contributed by atoms with Gasteiger partial charge >= 0.3 is 6.18 Å². The van der Waals surface area contributed by atoms with Gasteiger partial charge in [0.25, 0.3) is 0 Å². The van der Waals surface area contributed by atoms with E-state index in [9.17, 15) is 13.2 Å². The minimum Gasteiger partial charge on any atom is -0.364 e. The Kier molecular flexibility index (Phi) is 3.56. The van der Waals surface area contributed by atoms with Gasteiger partial charge in [-0.25, -0.2) is 0 Å². The fourth-order valence-corrected chi connectivity index (χ4v) is 4.29. The Morgan fingerprint density at radius 3 is 2.25 bits per heavy atom. The Hall–Kier alpha value is -3.21. The van der Waals surface area contributed by atoms with E-state index in [4.69, 9.17) is 0 Å². The van der Waals surface area contributed by atoms with Crippen molar-refractivity contribution in [3.63, 3.8) is 0 Å². The molecule has 28 heavy (non-hydrogen) atoms. The van der Waals surface area contributed by atoms with Crippen LogP contribution in [0.5, 0.6) is 0 Å². The van der Waals surface area contributed by atoms with Crippen molar-refractivity contribution in [2.75, 3.05) is 5.32 Å². The van der Waals surface area contributed by atoms with E-state index >= 15 is 0 Å². The van der Waals surface area contributed by atoms with Crippen LogP contribution >= 0.6 is 0 Å². The molecule has 140 valence electrons. The maximum atomic E-state index is 15.0. The van der Waals surface area contributed by atoms with Crippen LogP contribution in [0.2, 0.25) is 0 Å². The first kappa shape index (κ1) is 16.9. The first-order valence-electron chi connectivity index (χ1n) is 9.09. The molecule has 2 heterocycles. The second kappa shape index (κ2) is 5.89. The molecule has 0 bridgehead atoms. The monoisotopic (exact) mass is 378 g/mol. The molecule has 2 N–H and O–H groups in total. The average Bonchev–Trinajstić information content (AvgIpc) is 2.97. The minimum absolute atomic E-state index is 0.171. The third-order valence-electron chi connectivity index (χ3n) is 5.50. The highest BCUT2D eigenvalue weighted by atomic mass is 19.4. The van der Waals surface area contributed by atoms with Gasteiger partial charge in [0, 0.05) is 34.3 Å². The molecule has 0 fully saturated rings. The van der Waals surface area contributed by atoms with Gasteiger partial charge in [0.15, 0.2) is 5.54 Å². The normalized spacial score (nSPS) is 18.8. The summed E-state index contributed by atoms with van der Waals surface area (Å²) >= 11 is 0. The molecule has 1 aromatic heterocycles. The highest BCUT2D eigenvalue weighted by molar-refractivity contribution is 5.88. The Labute approximate surface area is 160 Å². The summed E-state index contributed by atoms with van der Waals surface area (Å²) in [5, 5.41) is 3.50. The first-order chi connectivity index (χ1) is 13.5. The lowest BCUT2D eigenvalue weighted by Crippen LogP contribution is -2.50. The quantitative estimate of drug-likeness (QED) is 0.418. The van der Waals surface area contributed by atoms with Crippen molar-refractivity contribution in [2.45, 2.75) is 18.1 Å². The molecule has 0 saturated heterocycles. The van der Waals surface area contributed by atoms with E-state index in [0.29, 0.717) is 28.7 Å². The molecule has 1 atom stereocenters. The molecule has 0 unspecified atom stereocenters. The summed E-state index contributed by atoms with van der Waals surface area (Å²) in [6.45, 7) is 0. The van der Waals surface area contributed by atoms with Crippen LogP contribution in [0.25, 0.3) is 10.9 Å². The summed E-state index contributed by atoms with van der Waals surface area (Å²) in [7, 11) is 0. The molecule has 1 aliphatic heterocycles. The van der Waals surface area contributed by atoms with Crippen molar-refractivity contribution in [3.05, 3.63) is 101 Å². The molecule has 3 aromatic carbocycles. The van der Waals surface area contributed by atoms with E-state index in [0.717, 1.165) is 5.56 Å². The molecule has 4 aromatic rings. The fourth-order valence-electron chi connectivity index (χ4n) is 4.29. The van der Waals surface area contributed by atoms with Crippen molar-refractivity contribution in [1.82, 2.24) is 4.98 Å². The van der Waals surface area contributed by atoms with Crippen molar-refractivity contribution in [2.24, 2.45) is 0 Å². The van der Waals surface area contributed by atoms with E-state index in [1.54, 1.807) is 54.6 Å². The highest BCUT2D eigenvalue weighted by Crippen LogP contribution is 2.52. The number of alkyl halides is 3. The zero-order valence-corrected chi connectivity index (χ0v) is 14.8. The molecule has 0 aliphatic carbocycles. The van der Waals surface area contributed by atoms with Crippen LogP contribution in [0.4, 0.5) is 18.9 Å². The maximum absolute atomic E-state index is 15.0. The second-order valence-corrected chi connectivity index (χ2v) is 7.10. The van der Waals surface area contributed by atoms with Crippen LogP contribution in [0, 0.1) is 0 Å². The molecule has 1 aliphatic rings. The van der Waals surface area contributed by atoms with Crippen LogP contribution in [0.15, 0.2) is 78.9 Å². The zero-order chi connectivity index (χ0) is 19.4. The smallest absolute Gasteiger partial charge is 0.364 e. The Balaban J connectivity index is 1.95. The van der Waals surface area contributed by atoms with Gasteiger partial charge in [0.2, 0.25) is 0 Å². The molecule has 0 amide bonds. The van der Waals surface area contributed by atoms with Gasteiger partial charge in [-0.1, -0.05) is 66.7 Å². The Morgan fingerprint density at radius 2 is 1.46 bits per heavy atom. The number of benzene rings is 3. The van der Waals surface area contributed by atoms with E-state index in [1.807, 2.05) is 24.3 Å². The summed E-state index contributed by atoms with van der Waals surface area (Å²) in [4.78, 5) is 3.25. The highest BCUT2D eigenvalue weighted by Gasteiger charge is 2.60. The molecule has 5 heteroatoms. The van der Waals surface area contributed by atoms with Gasteiger partial charge < -0.3 is 10.3 Å². The second-order valence-electron chi connectivity index (χ2n) is 7.10. The van der Waals surface area contributed by atoms with Crippen LogP contribution in [0.1, 0.15) is 22.4 Å². The number of hydrogen-bond donors (Lipinski definition) is 2. The lowest BCUT2D eigenvalue weighted by molar-refractivity contribution is -0.169. The molecular formula is C23H17F3N2. The lowest BCUT2D eigenvalue weighted by atomic mass is 9.80. The SMILES string of the molecule is FC(F)(F)[C@@]1(c2ccccc2)Nc2ccccc2Cc2[nH]c3ccccc3c21. The van der Waals surface area contributed by atoms with Crippen molar-refractivity contribution < 1.29 is 13.2 Å². The number of rotatable bonds is 1. The van der Waals surface area contributed by atoms with Crippen molar-refractivity contribution >= 4 is 16.6 Å². The minimum atomic E-state index is -4.56. The summed E-state index contributed by atoms with van der Waals surface area (Å²) in [6.07, 6.45) is -4.16. The summed E-state index contributed by atoms with van der Waals surface area (Å²) in [5.41, 5.74) is 0.687. The fraction of sp³-hybridized carbons (Fsp3) is 0.130. The van der Waals surface area contributed by atoms with E-state index < -0.39 is 11.7 Å². The lowest BCUT2D eigenvalue weighted by Gasteiger charge is -2.38. The number of aromatic amines is 1. The predicted octanol–water partition coefficient (Wildman–Crippen LogP) is 5.99. The maximum Gasteiger partial charge on any atom is 0.420 e. The van der Waals surface area contributed by atoms with Gasteiger partial charge in [-0.3, -0.25) is 0 Å². The van der Waals surface area contributed by atoms with Gasteiger partial charge in [-0.2, -0.15) is 13.2 Å². The van der Waals surface area contributed by atoms with E-state index in [2.05, 4.69) is 10.3 Å². The standard InChI is InChI=1S/C23H17F3N2/c24-23(25,26)22(16-9-2-1-3-10-16)21-17-11-5-7-13-19(17)27-20(21)14-15-8-4-6-12-18(15)28-22/h1-13,27-28H,14H2/t22-/m0/s1. The van der Waals surface area contributed by atoms with Crippen LogP contribution in [0.3, 0.4) is 0 Å². The number of halogens is 3. The summed E-state index contributed by atoms with van der Waals surface area (Å²) < 4.78 is 44.9. The van der Waals surface area contributed by atoms with Gasteiger partial charge in [0.1, 0.15) is 0 Å². The van der Waals surface area contributed by atoms with Crippen molar-refractivity contribution in [3.8, 4) is 0 Å². The molecule has 0 radical (unpaired) electrons. The van der Waals surface area contributed by atoms with Crippen LogP contribution in [-0.2, 0) is 12.0 Å². The van der Waals surface area contributed by atoms with Crippen LogP contribution < -0.4 is 5.32 Å². The number of aromatic nitrogens is 1. The summed E-state index contributed by atoms with van der Waals surface area (Å²) in [5.74, 6) is 0. The van der Waals surface area contributed by atoms with E-state index in [1.165, 1.54) is 0 Å². The summed E-state index contributed by atoms with van der Waals surface area (Å²) in [6, 6.07) is 22.5. The third kappa shape index (κ3) is 2.29. The van der Waals surface area contributed by atoms with Gasteiger partial charge in [-0.15, -0.1) is 0 Å². The number of hydrogen-bond acceptors (Lipinski definition) is 1. The first-order valence-corrected chi connectivity index (χ1v) is 9.09. The number of fused-ring (bicyclic) bond motifs is 4. The molecule has 0 saturated carbocycles.